The summed E-state index contributed by atoms with van der Waals surface area (Å²) in [5.74, 6) is 10.4. The Morgan fingerprint density at radius 3 is 0.911 bits per heavy atom. The standard InChI is InChI=1S/C54H92N2/c1-5-19-39(20-6-1)41-25-17-31-47(35-41)55(45-27-9-3-10-28-45)53-49-33-15-13-23-43(49)38-52-51(53)37-44-24-14-16-34-50(44)54(52)56(46-29-11-4-12-30-46)48-32-18-26-42(36-48)40-21-7-2-8-22-40/h39-54H,1-38H2. The molecular formula is C54H92N2. The topological polar surface area (TPSA) is 6.48 Å². The van der Waals surface area contributed by atoms with E-state index >= 15 is 0 Å². The first-order valence-corrected chi connectivity index (χ1v) is 27.3. The molecule has 0 aromatic carbocycles. The predicted molar refractivity (Wildman–Crippen MR) is 237 cm³/mol. The molecule has 0 spiro atoms. The summed E-state index contributed by atoms with van der Waals surface area (Å²) < 4.78 is 0. The maximum absolute atomic E-state index is 3.58. The summed E-state index contributed by atoms with van der Waals surface area (Å²) in [7, 11) is 0. The van der Waals surface area contributed by atoms with Crippen molar-refractivity contribution in [2.24, 2.45) is 59.2 Å². The lowest BCUT2D eigenvalue weighted by Gasteiger charge is -2.65. The van der Waals surface area contributed by atoms with Crippen LogP contribution in [0.2, 0.25) is 0 Å². The molecular weight excluding hydrogens is 677 g/mol. The van der Waals surface area contributed by atoms with Crippen molar-refractivity contribution in [1.82, 2.24) is 9.80 Å². The van der Waals surface area contributed by atoms with E-state index in [1.165, 1.54) is 77.0 Å². The molecule has 10 aliphatic carbocycles. The van der Waals surface area contributed by atoms with Gasteiger partial charge in [-0.3, -0.25) is 9.80 Å². The van der Waals surface area contributed by atoms with Gasteiger partial charge in [0.15, 0.2) is 0 Å². The van der Waals surface area contributed by atoms with Gasteiger partial charge in [-0.1, -0.05) is 167 Å². The molecule has 0 saturated heterocycles. The zero-order chi connectivity index (χ0) is 37.3. The summed E-state index contributed by atoms with van der Waals surface area (Å²) in [4.78, 5) is 7.16. The van der Waals surface area contributed by atoms with Crippen LogP contribution in [0.25, 0.3) is 0 Å². The van der Waals surface area contributed by atoms with E-state index in [0.717, 1.165) is 95.4 Å². The van der Waals surface area contributed by atoms with Crippen molar-refractivity contribution in [2.45, 2.75) is 280 Å². The predicted octanol–water partition coefficient (Wildman–Crippen LogP) is 14.9. The molecule has 10 rings (SSSR count). The minimum absolute atomic E-state index is 0.914. The van der Waals surface area contributed by atoms with Crippen LogP contribution in [0, 0.1) is 59.2 Å². The Morgan fingerprint density at radius 2 is 0.500 bits per heavy atom. The highest BCUT2D eigenvalue weighted by atomic mass is 15.3. The third-order valence-electron chi connectivity index (χ3n) is 20.9. The third-order valence-corrected chi connectivity index (χ3v) is 20.9. The van der Waals surface area contributed by atoms with Crippen molar-refractivity contribution >= 4 is 0 Å². The second kappa shape index (κ2) is 18.9. The van der Waals surface area contributed by atoms with Gasteiger partial charge in [0.05, 0.1) is 0 Å². The Bertz CT molecular complexity index is 1100. The zero-order valence-electron chi connectivity index (χ0n) is 37.0. The molecule has 0 aromatic heterocycles. The molecule has 12 unspecified atom stereocenters. The van der Waals surface area contributed by atoms with Gasteiger partial charge in [0, 0.05) is 36.3 Å². The van der Waals surface area contributed by atoms with E-state index < -0.39 is 0 Å². The second-order valence-electron chi connectivity index (χ2n) is 23.6. The molecule has 0 bridgehead atoms. The number of fused-ring (bicyclic) bond motifs is 3. The Kier molecular flexibility index (Phi) is 13.5. The summed E-state index contributed by atoms with van der Waals surface area (Å²) in [5.41, 5.74) is 0. The van der Waals surface area contributed by atoms with Gasteiger partial charge >= 0.3 is 0 Å². The second-order valence-corrected chi connectivity index (χ2v) is 23.6. The fourth-order valence-electron chi connectivity index (χ4n) is 18.6. The van der Waals surface area contributed by atoms with Crippen molar-refractivity contribution in [2.75, 3.05) is 0 Å². The minimum atomic E-state index is 0.914. The number of hydrogen-bond donors (Lipinski definition) is 0. The molecule has 2 nitrogen and oxygen atoms in total. The van der Waals surface area contributed by atoms with Crippen LogP contribution in [0.3, 0.4) is 0 Å². The maximum Gasteiger partial charge on any atom is 0.0164 e. The molecule has 56 heavy (non-hydrogen) atoms. The first-order valence-electron chi connectivity index (χ1n) is 27.3. The molecule has 0 amide bonds. The van der Waals surface area contributed by atoms with Crippen molar-refractivity contribution in [1.29, 1.82) is 0 Å². The first kappa shape index (κ1) is 40.0. The molecule has 10 saturated carbocycles. The highest BCUT2D eigenvalue weighted by Gasteiger charge is 2.59. The van der Waals surface area contributed by atoms with E-state index in [2.05, 4.69) is 9.80 Å². The third kappa shape index (κ3) is 8.42. The average Bonchev–Trinajstić information content (AvgIpc) is 3.28. The van der Waals surface area contributed by atoms with Crippen LogP contribution in [0.4, 0.5) is 0 Å². The van der Waals surface area contributed by atoms with Crippen molar-refractivity contribution in [3.63, 3.8) is 0 Å². The van der Waals surface area contributed by atoms with Gasteiger partial charge in [0.25, 0.3) is 0 Å². The summed E-state index contributed by atoms with van der Waals surface area (Å²) in [6, 6.07) is 5.51. The van der Waals surface area contributed by atoms with Crippen LogP contribution >= 0.6 is 0 Å². The summed E-state index contributed by atoms with van der Waals surface area (Å²) in [6.45, 7) is 0. The smallest absolute Gasteiger partial charge is 0.0164 e. The molecule has 0 heterocycles. The lowest BCUT2D eigenvalue weighted by Crippen LogP contribution is -2.68. The molecule has 0 aromatic rings. The van der Waals surface area contributed by atoms with Crippen molar-refractivity contribution in [3.05, 3.63) is 0 Å². The van der Waals surface area contributed by atoms with Gasteiger partial charge in [-0.05, 0) is 136 Å². The van der Waals surface area contributed by atoms with Crippen LogP contribution in [0.5, 0.6) is 0 Å². The van der Waals surface area contributed by atoms with E-state index in [0.29, 0.717) is 0 Å². The lowest BCUT2D eigenvalue weighted by atomic mass is 9.50. The SMILES string of the molecule is C1CCC(C2CCCC(N(C3CCCCC3)C3C4CCCCC4CC4C3CC3CCCCC3C4N(C3CCCCC3)C3CCCC(C4CCCCC4)C3)C2)CC1. The highest BCUT2D eigenvalue weighted by molar-refractivity contribution is 5.11. The van der Waals surface area contributed by atoms with Crippen molar-refractivity contribution < 1.29 is 0 Å². The fourth-order valence-corrected chi connectivity index (χ4v) is 18.6. The molecule has 0 N–H and O–H groups in total. The Balaban J connectivity index is 1.02. The van der Waals surface area contributed by atoms with Gasteiger partial charge in [0.2, 0.25) is 0 Å². The molecule has 10 aliphatic rings. The van der Waals surface area contributed by atoms with E-state index in [4.69, 9.17) is 0 Å². The Morgan fingerprint density at radius 1 is 0.196 bits per heavy atom. The van der Waals surface area contributed by atoms with E-state index in [1.807, 2.05) is 0 Å². The molecule has 0 aliphatic heterocycles. The first-order chi connectivity index (χ1) is 27.8. The van der Waals surface area contributed by atoms with Crippen LogP contribution < -0.4 is 0 Å². The molecule has 2 heteroatoms. The summed E-state index contributed by atoms with van der Waals surface area (Å²) in [5, 5.41) is 0. The monoisotopic (exact) mass is 769 g/mol. The quantitative estimate of drug-likeness (QED) is 0.243. The summed E-state index contributed by atoms with van der Waals surface area (Å²) >= 11 is 0. The number of hydrogen-bond acceptors (Lipinski definition) is 2. The lowest BCUT2D eigenvalue weighted by molar-refractivity contribution is -0.156. The molecule has 10 fully saturated rings. The Hall–Kier alpha value is -0.0800. The van der Waals surface area contributed by atoms with Crippen LogP contribution in [0.1, 0.15) is 244 Å². The Labute approximate surface area is 348 Å². The fraction of sp³-hybridized carbons (Fsp3) is 1.00. The normalized spacial score (nSPS) is 44.2. The number of nitrogens with zero attached hydrogens (tertiary/aromatic N) is 2. The van der Waals surface area contributed by atoms with Crippen LogP contribution in [-0.2, 0) is 0 Å². The summed E-state index contributed by atoms with van der Waals surface area (Å²) in [6.07, 6.45) is 59.3. The highest BCUT2D eigenvalue weighted by Crippen LogP contribution is 2.60. The van der Waals surface area contributed by atoms with Crippen LogP contribution in [-0.4, -0.2) is 46.1 Å². The van der Waals surface area contributed by atoms with Gasteiger partial charge in [-0.15, -0.1) is 0 Å². The van der Waals surface area contributed by atoms with E-state index in [9.17, 15) is 0 Å². The van der Waals surface area contributed by atoms with E-state index in [1.54, 1.807) is 167 Å². The van der Waals surface area contributed by atoms with Crippen molar-refractivity contribution in [3.8, 4) is 0 Å². The van der Waals surface area contributed by atoms with E-state index in [-0.39, 0.29) is 0 Å². The largest absolute Gasteiger partial charge is 0.294 e. The van der Waals surface area contributed by atoms with Gasteiger partial charge < -0.3 is 0 Å². The maximum atomic E-state index is 3.58. The van der Waals surface area contributed by atoms with Crippen LogP contribution in [0.15, 0.2) is 0 Å². The van der Waals surface area contributed by atoms with Gasteiger partial charge in [-0.2, -0.15) is 0 Å². The average molecular weight is 769 g/mol. The van der Waals surface area contributed by atoms with Gasteiger partial charge in [-0.25, -0.2) is 0 Å². The molecule has 0 radical (unpaired) electrons. The van der Waals surface area contributed by atoms with Gasteiger partial charge in [0.1, 0.15) is 0 Å². The number of rotatable bonds is 8. The minimum Gasteiger partial charge on any atom is -0.294 e. The zero-order valence-corrected chi connectivity index (χ0v) is 37.0. The molecule has 318 valence electrons. The molecule has 12 atom stereocenters.